The van der Waals surface area contributed by atoms with Crippen LogP contribution >= 0.6 is 0 Å². The highest BCUT2D eigenvalue weighted by molar-refractivity contribution is 7.88. The van der Waals surface area contributed by atoms with E-state index >= 15 is 0 Å². The smallest absolute Gasteiger partial charge is 0.209 e. The minimum atomic E-state index is -3.29. The number of piperidine rings is 1. The predicted octanol–water partition coefficient (Wildman–Crippen LogP) is 1.55. The number of anilines is 1. The van der Waals surface area contributed by atoms with Crippen molar-refractivity contribution in [3.63, 3.8) is 0 Å². The number of benzene rings is 1. The van der Waals surface area contributed by atoms with Gasteiger partial charge in [0.15, 0.2) is 5.96 Å². The molecular formula is C20H35N5O3S. The van der Waals surface area contributed by atoms with Crippen molar-refractivity contribution in [2.75, 3.05) is 44.4 Å². The van der Waals surface area contributed by atoms with Crippen molar-refractivity contribution in [1.82, 2.24) is 15.4 Å². The normalized spacial score (nSPS) is 18.4. The van der Waals surface area contributed by atoms with E-state index in [1.165, 1.54) is 0 Å². The standard InChI is InChI=1S/C20H35N5O3S/c1-6-21-19(22-15-20(2,3)24-29(5,26)27)23-16-9-8-12-25(14-16)17-10-7-11-18(13-17)28-4/h7,10-11,13,16,24H,6,8-9,12,14-15H2,1-5H3,(H2,21,22,23). The lowest BCUT2D eigenvalue weighted by atomic mass is 10.0. The fourth-order valence-corrected chi connectivity index (χ4v) is 4.53. The van der Waals surface area contributed by atoms with Crippen molar-refractivity contribution in [2.45, 2.75) is 45.2 Å². The van der Waals surface area contributed by atoms with Crippen molar-refractivity contribution in [1.29, 1.82) is 0 Å². The monoisotopic (exact) mass is 425 g/mol. The maximum absolute atomic E-state index is 11.5. The molecule has 1 aromatic rings. The molecule has 1 aliphatic rings. The number of aliphatic imine (C=N–C) groups is 1. The van der Waals surface area contributed by atoms with Crippen molar-refractivity contribution >= 4 is 21.7 Å². The molecule has 1 saturated heterocycles. The molecule has 0 bridgehead atoms. The van der Waals surface area contributed by atoms with Gasteiger partial charge in [0.05, 0.1) is 19.9 Å². The molecule has 164 valence electrons. The summed E-state index contributed by atoms with van der Waals surface area (Å²) in [5, 5.41) is 6.77. The number of nitrogens with zero attached hydrogens (tertiary/aromatic N) is 2. The molecule has 0 aromatic heterocycles. The van der Waals surface area contributed by atoms with Gasteiger partial charge in [-0.05, 0) is 45.7 Å². The topological polar surface area (TPSA) is 95.1 Å². The van der Waals surface area contributed by atoms with Gasteiger partial charge < -0.3 is 20.3 Å². The Bertz CT molecular complexity index is 795. The lowest BCUT2D eigenvalue weighted by Crippen LogP contribution is -2.52. The summed E-state index contributed by atoms with van der Waals surface area (Å²) in [5.74, 6) is 1.56. The summed E-state index contributed by atoms with van der Waals surface area (Å²) in [4.78, 5) is 6.97. The highest BCUT2D eigenvalue weighted by Crippen LogP contribution is 2.24. The number of hydrogen-bond donors (Lipinski definition) is 3. The number of hydrogen-bond acceptors (Lipinski definition) is 5. The second-order valence-corrected chi connectivity index (χ2v) is 9.83. The summed E-state index contributed by atoms with van der Waals surface area (Å²) in [5.41, 5.74) is 0.492. The van der Waals surface area contributed by atoms with E-state index in [4.69, 9.17) is 4.74 Å². The molecule has 1 aromatic carbocycles. The molecule has 1 aliphatic heterocycles. The summed E-state index contributed by atoms with van der Waals surface area (Å²) < 4.78 is 31.1. The summed E-state index contributed by atoms with van der Waals surface area (Å²) in [6, 6.07) is 8.36. The fraction of sp³-hybridized carbons (Fsp3) is 0.650. The van der Waals surface area contributed by atoms with Crippen LogP contribution in [0.25, 0.3) is 0 Å². The van der Waals surface area contributed by atoms with Crippen LogP contribution < -0.4 is 25.0 Å². The molecule has 8 nitrogen and oxygen atoms in total. The van der Waals surface area contributed by atoms with Crippen molar-refractivity contribution in [3.8, 4) is 5.75 Å². The zero-order valence-corrected chi connectivity index (χ0v) is 19.0. The maximum Gasteiger partial charge on any atom is 0.209 e. The first-order chi connectivity index (χ1) is 13.6. The second-order valence-electron chi connectivity index (χ2n) is 8.08. The van der Waals surface area contributed by atoms with Gasteiger partial charge >= 0.3 is 0 Å². The number of methoxy groups -OCH3 is 1. The summed E-state index contributed by atoms with van der Waals surface area (Å²) in [6.45, 7) is 8.60. The van der Waals surface area contributed by atoms with E-state index in [9.17, 15) is 8.42 Å². The van der Waals surface area contributed by atoms with E-state index < -0.39 is 15.6 Å². The van der Waals surface area contributed by atoms with E-state index in [1.807, 2.05) is 32.9 Å². The Labute approximate surface area is 175 Å². The van der Waals surface area contributed by atoms with Crippen LogP contribution in [0.2, 0.25) is 0 Å². The van der Waals surface area contributed by atoms with Gasteiger partial charge in [0.1, 0.15) is 5.75 Å². The molecule has 0 amide bonds. The van der Waals surface area contributed by atoms with Crippen LogP contribution in [0.4, 0.5) is 5.69 Å². The summed E-state index contributed by atoms with van der Waals surface area (Å²) >= 11 is 0. The Kier molecular flexibility index (Phi) is 8.15. The van der Waals surface area contributed by atoms with Gasteiger partial charge in [0.25, 0.3) is 0 Å². The van der Waals surface area contributed by atoms with Gasteiger partial charge in [-0.1, -0.05) is 6.07 Å². The Balaban J connectivity index is 2.03. The summed E-state index contributed by atoms with van der Waals surface area (Å²) in [7, 11) is -1.61. The minimum absolute atomic E-state index is 0.249. The molecule has 1 heterocycles. The minimum Gasteiger partial charge on any atom is -0.497 e. The molecule has 1 fully saturated rings. The summed E-state index contributed by atoms with van der Waals surface area (Å²) in [6.07, 6.45) is 3.29. The molecular weight excluding hydrogens is 390 g/mol. The zero-order chi connectivity index (χ0) is 21.5. The van der Waals surface area contributed by atoms with Gasteiger partial charge in [-0.15, -0.1) is 0 Å². The number of guanidine groups is 1. The Morgan fingerprint density at radius 2 is 2.14 bits per heavy atom. The first kappa shape index (κ1) is 23.3. The highest BCUT2D eigenvalue weighted by Gasteiger charge is 2.24. The van der Waals surface area contributed by atoms with Crippen molar-refractivity contribution in [2.24, 2.45) is 4.99 Å². The van der Waals surface area contributed by atoms with Gasteiger partial charge in [-0.25, -0.2) is 13.1 Å². The molecule has 0 spiro atoms. The predicted molar refractivity (Wildman–Crippen MR) is 119 cm³/mol. The fourth-order valence-electron chi connectivity index (χ4n) is 3.46. The first-order valence-electron chi connectivity index (χ1n) is 10.0. The Hall–Kier alpha value is -2.00. The third-order valence-corrected chi connectivity index (χ3v) is 5.54. The molecule has 3 N–H and O–H groups in total. The molecule has 0 aliphatic carbocycles. The highest BCUT2D eigenvalue weighted by atomic mass is 32.2. The SMILES string of the molecule is CCNC(=NCC(C)(C)NS(C)(=O)=O)NC1CCCN(c2cccc(OC)c2)C1. The lowest BCUT2D eigenvalue weighted by Gasteiger charge is -2.35. The zero-order valence-electron chi connectivity index (χ0n) is 18.2. The average molecular weight is 426 g/mol. The van der Waals surface area contributed by atoms with E-state index in [1.54, 1.807) is 7.11 Å². The number of nitrogens with one attached hydrogen (secondary N) is 3. The van der Waals surface area contributed by atoms with Crippen LogP contribution in [0, 0.1) is 0 Å². The van der Waals surface area contributed by atoms with Crippen LogP contribution in [0.1, 0.15) is 33.6 Å². The molecule has 9 heteroatoms. The number of ether oxygens (including phenoxy) is 1. The van der Waals surface area contributed by atoms with Crippen molar-refractivity contribution < 1.29 is 13.2 Å². The lowest BCUT2D eigenvalue weighted by molar-refractivity contribution is 0.414. The van der Waals surface area contributed by atoms with Gasteiger partial charge in [-0.2, -0.15) is 0 Å². The third-order valence-electron chi connectivity index (χ3n) is 4.62. The van der Waals surface area contributed by atoms with Crippen LogP contribution in [0.5, 0.6) is 5.75 Å². The Morgan fingerprint density at radius 1 is 1.38 bits per heavy atom. The quantitative estimate of drug-likeness (QED) is 0.432. The number of rotatable bonds is 8. The molecule has 1 atom stereocenters. The van der Waals surface area contributed by atoms with Gasteiger partial charge in [-0.3, -0.25) is 4.99 Å². The van der Waals surface area contributed by atoms with Gasteiger partial charge in [0, 0.05) is 43.0 Å². The third kappa shape index (κ3) is 8.10. The molecule has 2 rings (SSSR count). The van der Waals surface area contributed by atoms with Crippen molar-refractivity contribution in [3.05, 3.63) is 24.3 Å². The van der Waals surface area contributed by atoms with Gasteiger partial charge in [0.2, 0.25) is 10.0 Å². The van der Waals surface area contributed by atoms with E-state index in [-0.39, 0.29) is 6.04 Å². The molecule has 1 unspecified atom stereocenters. The van der Waals surface area contributed by atoms with E-state index in [2.05, 4.69) is 37.4 Å². The van der Waals surface area contributed by atoms with Crippen LogP contribution in [-0.4, -0.2) is 65.5 Å². The molecule has 0 saturated carbocycles. The maximum atomic E-state index is 11.5. The number of sulfonamides is 1. The first-order valence-corrected chi connectivity index (χ1v) is 11.9. The largest absolute Gasteiger partial charge is 0.497 e. The molecule has 0 radical (unpaired) electrons. The van der Waals surface area contributed by atoms with E-state index in [0.717, 1.165) is 50.2 Å². The molecule has 29 heavy (non-hydrogen) atoms. The van der Waals surface area contributed by atoms with E-state index in [0.29, 0.717) is 12.5 Å². The van der Waals surface area contributed by atoms with Crippen LogP contribution in [0.3, 0.4) is 0 Å². The average Bonchev–Trinajstić information content (AvgIpc) is 2.65. The second kappa shape index (κ2) is 10.2. The van der Waals surface area contributed by atoms with Crippen LogP contribution in [-0.2, 0) is 10.0 Å². The van der Waals surface area contributed by atoms with Crippen LogP contribution in [0.15, 0.2) is 29.3 Å². The Morgan fingerprint density at radius 3 is 2.79 bits per heavy atom.